The third-order valence-electron chi connectivity index (χ3n) is 13.1. The molecule has 7 aromatic carbocycles. The van der Waals surface area contributed by atoms with Crippen LogP contribution in [0.1, 0.15) is 38.9 Å². The summed E-state index contributed by atoms with van der Waals surface area (Å²) in [7, 11) is 0. The molecule has 394 valence electrons. The van der Waals surface area contributed by atoms with Crippen LogP contribution in [0.25, 0.3) is 45.0 Å². The Morgan fingerprint density at radius 2 is 0.463 bits per heavy atom. The molecule has 0 aliphatic rings. The van der Waals surface area contributed by atoms with Crippen molar-refractivity contribution < 1.29 is 33.5 Å². The van der Waals surface area contributed by atoms with Gasteiger partial charge in [0.1, 0.15) is 74.1 Å². The maximum atomic E-state index is 10.4. The molecule has 0 amide bonds. The predicted molar refractivity (Wildman–Crippen MR) is 310 cm³/mol. The zero-order chi connectivity index (χ0) is 54.1. The smallest absolute Gasteiger partial charge is 0.123 e. The number of pyridine rings is 4. The molecule has 0 aliphatic heterocycles. The molecule has 0 saturated carbocycles. The predicted octanol–water partition coefficient (Wildman–Crippen LogP) is 14.9. The van der Waals surface area contributed by atoms with Crippen LogP contribution in [0, 0.1) is 0 Å². The maximum absolute atomic E-state index is 10.4. The van der Waals surface area contributed by atoms with E-state index in [9.17, 15) is 5.11 Å². The van der Waals surface area contributed by atoms with Gasteiger partial charge >= 0.3 is 0 Å². The molecule has 11 aromatic rings. The standard InChI is InChI=1S/C69H56N4O7/c74-42-53-33-60(79-47-54-35-62(75-43-49-13-21-56(22-14-49)66-9-1-5-29-70-66)40-63(36-54)76-44-50-15-23-57(24-16-50)67-10-2-6-30-71-67)39-61(34-53)80-48-55-37-64(77-45-51-17-25-58(26-18-51)68-11-3-7-31-72-68)41-65(38-55)78-46-52-19-27-59(28-20-52)69-12-4-8-32-73-69/h1-41,74H,42-48H2. The molecule has 4 heterocycles. The summed E-state index contributed by atoms with van der Waals surface area (Å²) in [6, 6.07) is 73.3. The van der Waals surface area contributed by atoms with Crippen molar-refractivity contribution in [1.82, 2.24) is 19.9 Å². The highest BCUT2D eigenvalue weighted by molar-refractivity contribution is 5.62. The molecule has 1 N–H and O–H groups in total. The van der Waals surface area contributed by atoms with Gasteiger partial charge in [-0.05, 0) is 124 Å². The first kappa shape index (κ1) is 52.0. The van der Waals surface area contributed by atoms with E-state index in [0.717, 1.165) is 78.4 Å². The summed E-state index contributed by atoms with van der Waals surface area (Å²) in [5, 5.41) is 10.4. The van der Waals surface area contributed by atoms with Crippen molar-refractivity contribution in [3.05, 3.63) is 288 Å². The van der Waals surface area contributed by atoms with Crippen LogP contribution in [0.3, 0.4) is 0 Å². The molecule has 0 atom stereocenters. The van der Waals surface area contributed by atoms with Crippen molar-refractivity contribution in [2.75, 3.05) is 0 Å². The molecule has 11 nitrogen and oxygen atoms in total. The average molecular weight is 1050 g/mol. The molecule has 0 bridgehead atoms. The van der Waals surface area contributed by atoms with Crippen molar-refractivity contribution in [2.24, 2.45) is 0 Å². The lowest BCUT2D eigenvalue weighted by Crippen LogP contribution is -2.03. The lowest BCUT2D eigenvalue weighted by atomic mass is 10.1. The van der Waals surface area contributed by atoms with E-state index in [-0.39, 0.29) is 19.8 Å². The van der Waals surface area contributed by atoms with Crippen LogP contribution < -0.4 is 28.4 Å². The maximum Gasteiger partial charge on any atom is 0.123 e. The van der Waals surface area contributed by atoms with Crippen LogP contribution in [0.5, 0.6) is 34.5 Å². The first-order valence-corrected chi connectivity index (χ1v) is 26.3. The van der Waals surface area contributed by atoms with Gasteiger partial charge in [-0.1, -0.05) is 121 Å². The van der Waals surface area contributed by atoms with Crippen LogP contribution in [0.4, 0.5) is 0 Å². The molecule has 0 radical (unpaired) electrons. The molecule has 0 aliphatic carbocycles. The Morgan fingerprint density at radius 3 is 0.675 bits per heavy atom. The van der Waals surface area contributed by atoms with Gasteiger partial charge in [0, 0.05) is 65.2 Å². The topological polar surface area (TPSA) is 127 Å². The Morgan fingerprint density at radius 1 is 0.237 bits per heavy atom. The van der Waals surface area contributed by atoms with Crippen LogP contribution in [0.15, 0.2) is 249 Å². The molecule has 80 heavy (non-hydrogen) atoms. The first-order chi connectivity index (χ1) is 39.5. The van der Waals surface area contributed by atoms with Crippen molar-refractivity contribution in [3.63, 3.8) is 0 Å². The SMILES string of the molecule is OCc1cc(OCc2cc(OCc3ccc(-c4ccccn4)cc3)cc(OCc3ccc(-c4ccccn4)cc3)c2)cc(OCc2cc(OCc3ccc(-c4ccccn4)cc3)cc(OCc3ccc(-c4ccccn4)cc3)c2)c1. The minimum absolute atomic E-state index is 0.178. The highest BCUT2D eigenvalue weighted by atomic mass is 16.5. The summed E-state index contributed by atoms with van der Waals surface area (Å²) in [6.07, 6.45) is 7.17. The third-order valence-corrected chi connectivity index (χ3v) is 13.1. The summed E-state index contributed by atoms with van der Waals surface area (Å²) in [4.78, 5) is 17.9. The van der Waals surface area contributed by atoms with Gasteiger partial charge in [-0.15, -0.1) is 0 Å². The Balaban J connectivity index is 0.785. The van der Waals surface area contributed by atoms with Gasteiger partial charge in [0.15, 0.2) is 0 Å². The number of aromatic nitrogens is 4. The highest BCUT2D eigenvalue weighted by Crippen LogP contribution is 2.32. The number of nitrogens with zero attached hydrogens (tertiary/aromatic N) is 4. The monoisotopic (exact) mass is 1050 g/mol. The molecular weight excluding hydrogens is 997 g/mol. The minimum atomic E-state index is -0.215. The van der Waals surface area contributed by atoms with Crippen molar-refractivity contribution in [3.8, 4) is 79.5 Å². The van der Waals surface area contributed by atoms with E-state index in [1.807, 2.05) is 212 Å². The third kappa shape index (κ3) is 14.3. The molecule has 11 rings (SSSR count). The van der Waals surface area contributed by atoms with E-state index in [4.69, 9.17) is 28.4 Å². The van der Waals surface area contributed by atoms with Gasteiger partial charge in [0.05, 0.1) is 29.4 Å². The number of aliphatic hydroxyl groups excluding tert-OH is 1. The summed E-state index contributed by atoms with van der Waals surface area (Å²) in [6.45, 7) is 1.50. The number of aliphatic hydroxyl groups is 1. The number of ether oxygens (including phenoxy) is 6. The zero-order valence-electron chi connectivity index (χ0n) is 43.8. The van der Waals surface area contributed by atoms with Gasteiger partial charge in [0.2, 0.25) is 0 Å². The van der Waals surface area contributed by atoms with Gasteiger partial charge in [-0.25, -0.2) is 0 Å². The average Bonchev–Trinajstić information content (AvgIpc) is 3.53. The molecule has 0 saturated heterocycles. The number of hydrogen-bond donors (Lipinski definition) is 1. The summed E-state index contributed by atoms with van der Waals surface area (Å²) in [5.41, 5.74) is 14.0. The number of benzene rings is 7. The van der Waals surface area contributed by atoms with Crippen molar-refractivity contribution in [2.45, 2.75) is 46.2 Å². The Hall–Kier alpha value is -10.1. The quantitative estimate of drug-likeness (QED) is 0.0658. The van der Waals surface area contributed by atoms with E-state index < -0.39 is 0 Å². The van der Waals surface area contributed by atoms with Gasteiger partial charge < -0.3 is 33.5 Å². The fraction of sp³-hybridized carbons (Fsp3) is 0.101. The normalized spacial score (nSPS) is 10.9. The van der Waals surface area contributed by atoms with Gasteiger partial charge in [0.25, 0.3) is 0 Å². The Kier molecular flexibility index (Phi) is 16.8. The zero-order valence-corrected chi connectivity index (χ0v) is 43.8. The molecule has 11 heteroatoms. The first-order valence-electron chi connectivity index (χ1n) is 26.3. The van der Waals surface area contributed by atoms with E-state index >= 15 is 0 Å². The van der Waals surface area contributed by atoms with Gasteiger partial charge in [-0.3, -0.25) is 19.9 Å². The summed E-state index contributed by atoms with van der Waals surface area (Å²) < 4.78 is 38.6. The molecule has 4 aromatic heterocycles. The lowest BCUT2D eigenvalue weighted by Gasteiger charge is -2.16. The van der Waals surface area contributed by atoms with Gasteiger partial charge in [-0.2, -0.15) is 0 Å². The number of rotatable bonds is 23. The van der Waals surface area contributed by atoms with Crippen LogP contribution in [-0.4, -0.2) is 25.0 Å². The molecular formula is C69H56N4O7. The van der Waals surface area contributed by atoms with Crippen molar-refractivity contribution in [1.29, 1.82) is 0 Å². The summed E-state index contributed by atoms with van der Waals surface area (Å²) >= 11 is 0. The summed E-state index contributed by atoms with van der Waals surface area (Å²) in [5.74, 6) is 3.54. The van der Waals surface area contributed by atoms with Crippen LogP contribution in [0.2, 0.25) is 0 Å². The molecule has 0 unspecified atom stereocenters. The van der Waals surface area contributed by atoms with Crippen LogP contribution in [-0.2, 0) is 46.2 Å². The highest BCUT2D eigenvalue weighted by Gasteiger charge is 2.12. The van der Waals surface area contributed by atoms with Crippen molar-refractivity contribution >= 4 is 0 Å². The fourth-order valence-electron chi connectivity index (χ4n) is 8.87. The molecule has 0 spiro atoms. The van der Waals surface area contributed by atoms with E-state index in [1.54, 1.807) is 36.9 Å². The van der Waals surface area contributed by atoms with E-state index in [1.165, 1.54) is 0 Å². The lowest BCUT2D eigenvalue weighted by molar-refractivity contribution is 0.267. The minimum Gasteiger partial charge on any atom is -0.489 e. The second-order valence-corrected chi connectivity index (χ2v) is 19.0. The molecule has 0 fully saturated rings. The largest absolute Gasteiger partial charge is 0.489 e. The second-order valence-electron chi connectivity index (χ2n) is 19.0. The van der Waals surface area contributed by atoms with E-state index in [2.05, 4.69) is 19.9 Å². The van der Waals surface area contributed by atoms with Crippen LogP contribution >= 0.6 is 0 Å². The second kappa shape index (κ2) is 25.8. The number of hydrogen-bond acceptors (Lipinski definition) is 11. The Labute approximate surface area is 465 Å². The Bertz CT molecular complexity index is 3270. The van der Waals surface area contributed by atoms with E-state index in [0.29, 0.717) is 66.5 Å². The fourth-order valence-corrected chi connectivity index (χ4v) is 8.87.